The van der Waals surface area contributed by atoms with E-state index in [0.717, 1.165) is 44.5 Å². The first-order valence-electron chi connectivity index (χ1n) is 11.7. The fourth-order valence-electron chi connectivity index (χ4n) is 4.23. The summed E-state index contributed by atoms with van der Waals surface area (Å²) < 4.78 is 11.5. The number of nitrogens with one attached hydrogen (secondary N) is 1. The summed E-state index contributed by atoms with van der Waals surface area (Å²) in [5.41, 5.74) is 7.53. The maximum Gasteiger partial charge on any atom is 0.244 e. The van der Waals surface area contributed by atoms with Gasteiger partial charge in [-0.2, -0.15) is 0 Å². The molecule has 0 atom stereocenters. The molecule has 1 N–H and O–H groups in total. The molecule has 2 aromatic heterocycles. The summed E-state index contributed by atoms with van der Waals surface area (Å²) >= 11 is 0. The van der Waals surface area contributed by atoms with Crippen molar-refractivity contribution in [3.8, 4) is 28.0 Å². The van der Waals surface area contributed by atoms with Crippen molar-refractivity contribution >= 4 is 22.4 Å². The van der Waals surface area contributed by atoms with Crippen LogP contribution >= 0.6 is 0 Å². The van der Waals surface area contributed by atoms with Crippen LogP contribution in [0.4, 0.5) is 0 Å². The second-order valence-corrected chi connectivity index (χ2v) is 8.51. The van der Waals surface area contributed by atoms with E-state index in [2.05, 4.69) is 46.7 Å². The minimum atomic E-state index is -0.191. The highest BCUT2D eigenvalue weighted by Gasteiger charge is 2.15. The van der Waals surface area contributed by atoms with Gasteiger partial charge in [-0.3, -0.25) is 9.78 Å². The largest absolute Gasteiger partial charge is 0.496 e. The molecule has 0 aliphatic heterocycles. The van der Waals surface area contributed by atoms with E-state index in [-0.39, 0.29) is 5.91 Å². The smallest absolute Gasteiger partial charge is 0.244 e. The number of nitrogens with zero attached hydrogens (tertiary/aromatic N) is 1. The van der Waals surface area contributed by atoms with E-state index in [9.17, 15) is 4.79 Å². The first-order valence-corrected chi connectivity index (χ1v) is 11.7. The van der Waals surface area contributed by atoms with Crippen molar-refractivity contribution in [2.45, 2.75) is 13.5 Å². The van der Waals surface area contributed by atoms with Gasteiger partial charge in [0.05, 0.1) is 25.6 Å². The van der Waals surface area contributed by atoms with E-state index in [1.807, 2.05) is 55.5 Å². The molecule has 0 saturated heterocycles. The van der Waals surface area contributed by atoms with Crippen LogP contribution in [-0.4, -0.2) is 18.0 Å². The molecule has 0 spiro atoms. The molecule has 5 nitrogen and oxygen atoms in total. The predicted octanol–water partition coefficient (Wildman–Crippen LogP) is 6.89. The molecule has 0 aliphatic carbocycles. The standard InChI is InChI=1S/C31H26N2O3/c1-21(16-31(34)33-19-25-10-6-7-15-32-25)26-17-27-28(20-36-30(27)18-29(26)35-2)24-13-11-23(12-14-24)22-8-4-3-5-9-22/h3-18,20H,19H2,1-2H3,(H,33,34)/b21-16+. The first kappa shape index (κ1) is 23.1. The van der Waals surface area contributed by atoms with Gasteiger partial charge in [-0.15, -0.1) is 0 Å². The number of pyridine rings is 1. The molecule has 0 fully saturated rings. The molecule has 2 heterocycles. The van der Waals surface area contributed by atoms with Crippen molar-refractivity contribution in [2.24, 2.45) is 0 Å². The number of benzene rings is 3. The Hall–Kier alpha value is -4.64. The lowest BCUT2D eigenvalue weighted by Gasteiger charge is -2.10. The van der Waals surface area contributed by atoms with Crippen molar-refractivity contribution in [1.82, 2.24) is 10.3 Å². The summed E-state index contributed by atoms with van der Waals surface area (Å²) in [6.07, 6.45) is 5.06. The maximum absolute atomic E-state index is 12.6. The number of methoxy groups -OCH3 is 1. The van der Waals surface area contributed by atoms with Crippen molar-refractivity contribution in [3.05, 3.63) is 115 Å². The van der Waals surface area contributed by atoms with Crippen LogP contribution in [0.1, 0.15) is 18.2 Å². The fraction of sp³-hybridized carbons (Fsp3) is 0.0968. The van der Waals surface area contributed by atoms with Crippen LogP contribution in [0.2, 0.25) is 0 Å². The molecule has 0 saturated carbocycles. The van der Waals surface area contributed by atoms with Crippen LogP contribution in [0, 0.1) is 0 Å². The van der Waals surface area contributed by atoms with Crippen LogP contribution in [-0.2, 0) is 11.3 Å². The molecule has 0 radical (unpaired) electrons. The second-order valence-electron chi connectivity index (χ2n) is 8.51. The average molecular weight is 475 g/mol. The molecule has 0 aliphatic rings. The van der Waals surface area contributed by atoms with Gasteiger partial charge in [-0.1, -0.05) is 60.7 Å². The lowest BCUT2D eigenvalue weighted by molar-refractivity contribution is -0.116. The zero-order valence-electron chi connectivity index (χ0n) is 20.2. The van der Waals surface area contributed by atoms with Crippen LogP contribution < -0.4 is 10.1 Å². The van der Waals surface area contributed by atoms with Gasteiger partial charge in [-0.05, 0) is 47.4 Å². The fourth-order valence-corrected chi connectivity index (χ4v) is 4.23. The highest BCUT2D eigenvalue weighted by atomic mass is 16.5. The molecule has 178 valence electrons. The lowest BCUT2D eigenvalue weighted by atomic mass is 9.97. The number of rotatable bonds is 7. The Labute approximate surface area is 210 Å². The van der Waals surface area contributed by atoms with Gasteiger partial charge in [0.25, 0.3) is 0 Å². The summed E-state index contributed by atoms with van der Waals surface area (Å²) in [6, 6.07) is 28.2. The molecule has 1 amide bonds. The normalized spacial score (nSPS) is 11.4. The van der Waals surface area contributed by atoms with Crippen molar-refractivity contribution in [3.63, 3.8) is 0 Å². The number of aromatic nitrogens is 1. The summed E-state index contributed by atoms with van der Waals surface area (Å²) in [6.45, 7) is 2.27. The number of hydrogen-bond donors (Lipinski definition) is 1. The van der Waals surface area contributed by atoms with Gasteiger partial charge < -0.3 is 14.5 Å². The van der Waals surface area contributed by atoms with Crippen molar-refractivity contribution < 1.29 is 13.9 Å². The SMILES string of the molecule is COc1cc2occ(-c3ccc(-c4ccccc4)cc3)c2cc1/C(C)=C/C(=O)NCc1ccccn1. The molecule has 0 unspecified atom stereocenters. The molecule has 5 aromatic rings. The third kappa shape index (κ3) is 4.91. The molecular formula is C31H26N2O3. The summed E-state index contributed by atoms with van der Waals surface area (Å²) in [5.74, 6) is 0.457. The van der Waals surface area contributed by atoms with E-state index in [4.69, 9.17) is 9.15 Å². The zero-order chi connectivity index (χ0) is 24.9. The van der Waals surface area contributed by atoms with Gasteiger partial charge in [0.1, 0.15) is 11.3 Å². The van der Waals surface area contributed by atoms with Gasteiger partial charge >= 0.3 is 0 Å². The number of hydrogen-bond acceptors (Lipinski definition) is 4. The molecule has 3 aromatic carbocycles. The van der Waals surface area contributed by atoms with Gasteiger partial charge in [0.15, 0.2) is 0 Å². The number of fused-ring (bicyclic) bond motifs is 1. The Balaban J connectivity index is 1.43. The molecular weight excluding hydrogens is 448 g/mol. The Morgan fingerprint density at radius 1 is 0.944 bits per heavy atom. The van der Waals surface area contributed by atoms with Gasteiger partial charge in [0, 0.05) is 34.9 Å². The van der Waals surface area contributed by atoms with Crippen LogP contribution in [0.3, 0.4) is 0 Å². The number of furan rings is 1. The zero-order valence-corrected chi connectivity index (χ0v) is 20.2. The number of amides is 1. The van der Waals surface area contributed by atoms with E-state index in [0.29, 0.717) is 12.3 Å². The summed E-state index contributed by atoms with van der Waals surface area (Å²) in [7, 11) is 1.62. The predicted molar refractivity (Wildman–Crippen MR) is 143 cm³/mol. The van der Waals surface area contributed by atoms with Crippen LogP contribution in [0.25, 0.3) is 38.8 Å². The maximum atomic E-state index is 12.6. The number of allylic oxidation sites excluding steroid dienone is 1. The molecule has 0 bridgehead atoms. The summed E-state index contributed by atoms with van der Waals surface area (Å²) in [5, 5.41) is 3.85. The Morgan fingerprint density at radius 3 is 2.39 bits per heavy atom. The first-order chi connectivity index (χ1) is 17.6. The summed E-state index contributed by atoms with van der Waals surface area (Å²) in [4.78, 5) is 16.8. The monoisotopic (exact) mass is 474 g/mol. The Kier molecular flexibility index (Phi) is 6.63. The lowest BCUT2D eigenvalue weighted by Crippen LogP contribution is -2.21. The van der Waals surface area contributed by atoms with E-state index in [1.165, 1.54) is 5.56 Å². The molecule has 36 heavy (non-hydrogen) atoms. The van der Waals surface area contributed by atoms with Gasteiger partial charge in [0.2, 0.25) is 5.91 Å². The number of carbonyl (C=O) groups excluding carboxylic acids is 1. The van der Waals surface area contributed by atoms with Crippen LogP contribution in [0.5, 0.6) is 5.75 Å². The van der Waals surface area contributed by atoms with E-state index >= 15 is 0 Å². The molecule has 5 rings (SSSR count). The van der Waals surface area contributed by atoms with E-state index < -0.39 is 0 Å². The van der Waals surface area contributed by atoms with Crippen LogP contribution in [0.15, 0.2) is 108 Å². The Morgan fingerprint density at radius 2 is 1.67 bits per heavy atom. The van der Waals surface area contributed by atoms with Crippen molar-refractivity contribution in [2.75, 3.05) is 7.11 Å². The number of ether oxygens (including phenoxy) is 1. The van der Waals surface area contributed by atoms with E-state index in [1.54, 1.807) is 25.6 Å². The Bertz CT molecular complexity index is 1520. The topological polar surface area (TPSA) is 64.4 Å². The molecule has 5 heteroatoms. The third-order valence-corrected chi connectivity index (χ3v) is 6.14. The highest BCUT2D eigenvalue weighted by molar-refractivity contribution is 6.00. The number of carbonyl (C=O) groups is 1. The minimum absolute atomic E-state index is 0.191. The van der Waals surface area contributed by atoms with Gasteiger partial charge in [-0.25, -0.2) is 0 Å². The second kappa shape index (κ2) is 10.3. The minimum Gasteiger partial charge on any atom is -0.496 e. The average Bonchev–Trinajstić information content (AvgIpc) is 3.35. The highest BCUT2D eigenvalue weighted by Crippen LogP contribution is 2.37. The van der Waals surface area contributed by atoms with Crippen molar-refractivity contribution in [1.29, 1.82) is 0 Å². The quantitative estimate of drug-likeness (QED) is 0.261. The third-order valence-electron chi connectivity index (χ3n) is 6.14.